The molecule has 1 aromatic heterocycles. The van der Waals surface area contributed by atoms with Crippen molar-refractivity contribution in [3.8, 4) is 11.1 Å². The van der Waals surface area contributed by atoms with E-state index in [0.29, 0.717) is 31.5 Å². The fourth-order valence-corrected chi connectivity index (χ4v) is 4.09. The average molecular weight is 429 g/mol. The Bertz CT molecular complexity index is 1020. The number of benzene rings is 2. The van der Waals surface area contributed by atoms with Crippen LogP contribution in [-0.2, 0) is 11.2 Å². The molecule has 0 spiro atoms. The highest BCUT2D eigenvalue weighted by Crippen LogP contribution is 2.20. The highest BCUT2D eigenvalue weighted by Gasteiger charge is 2.24. The summed E-state index contributed by atoms with van der Waals surface area (Å²) in [5.41, 5.74) is 3.70. The second kappa shape index (κ2) is 10.7. The number of aryl methyl sites for hydroxylation is 1. The number of nitrogens with one attached hydrogen (secondary N) is 1. The summed E-state index contributed by atoms with van der Waals surface area (Å²) in [6, 6.07) is 17.8. The number of hydrogen-bond acceptors (Lipinski definition) is 4. The first kappa shape index (κ1) is 21.7. The van der Waals surface area contributed by atoms with Gasteiger partial charge in [-0.25, -0.2) is 0 Å². The molecule has 32 heavy (non-hydrogen) atoms. The first-order chi connectivity index (χ1) is 15.7. The normalized spacial score (nSPS) is 15.9. The molecule has 0 bridgehead atoms. The van der Waals surface area contributed by atoms with Crippen LogP contribution in [0.1, 0.15) is 35.3 Å². The van der Waals surface area contributed by atoms with Crippen LogP contribution < -0.4 is 5.32 Å². The molecule has 4 rings (SSSR count). The van der Waals surface area contributed by atoms with Gasteiger partial charge < -0.3 is 10.2 Å². The molecular weight excluding hydrogens is 400 g/mol. The molecular formula is C26H28N4O2. The Morgan fingerprint density at radius 3 is 2.53 bits per heavy atom. The van der Waals surface area contributed by atoms with Gasteiger partial charge in [0.05, 0.1) is 5.69 Å². The number of hydrogen-bond donors (Lipinski definition) is 1. The zero-order valence-electron chi connectivity index (χ0n) is 18.1. The molecule has 1 saturated heterocycles. The van der Waals surface area contributed by atoms with Crippen molar-refractivity contribution < 1.29 is 9.59 Å². The summed E-state index contributed by atoms with van der Waals surface area (Å²) in [5, 5.41) is 3.05. The van der Waals surface area contributed by atoms with Crippen molar-refractivity contribution in [3.63, 3.8) is 0 Å². The number of aromatic nitrogens is 2. The molecule has 164 valence electrons. The summed E-state index contributed by atoms with van der Waals surface area (Å²) < 4.78 is 0. The van der Waals surface area contributed by atoms with E-state index in [0.717, 1.165) is 36.2 Å². The van der Waals surface area contributed by atoms with Crippen LogP contribution in [0.5, 0.6) is 0 Å². The summed E-state index contributed by atoms with van der Waals surface area (Å²) in [6.07, 6.45) is 7.99. The quantitative estimate of drug-likeness (QED) is 0.622. The summed E-state index contributed by atoms with van der Waals surface area (Å²) in [7, 11) is 0. The van der Waals surface area contributed by atoms with Gasteiger partial charge in [0.15, 0.2) is 0 Å². The molecule has 6 nitrogen and oxygen atoms in total. The van der Waals surface area contributed by atoms with Gasteiger partial charge >= 0.3 is 0 Å². The van der Waals surface area contributed by atoms with E-state index in [-0.39, 0.29) is 17.7 Å². The number of carbonyl (C=O) groups excluding carboxylic acids is 2. The zero-order valence-corrected chi connectivity index (χ0v) is 18.1. The third-order valence-electron chi connectivity index (χ3n) is 5.89. The third kappa shape index (κ3) is 5.78. The molecule has 3 aromatic rings. The third-order valence-corrected chi connectivity index (χ3v) is 5.89. The number of nitrogens with zero attached hydrogens (tertiary/aromatic N) is 3. The lowest BCUT2D eigenvalue weighted by Gasteiger charge is -2.33. The molecule has 2 aromatic carbocycles. The number of likely N-dealkylation sites (tertiary alicyclic amines) is 1. The molecule has 6 heteroatoms. The predicted molar refractivity (Wildman–Crippen MR) is 124 cm³/mol. The molecule has 1 aliphatic heterocycles. The highest BCUT2D eigenvalue weighted by molar-refractivity contribution is 5.94. The first-order valence-corrected chi connectivity index (χ1v) is 11.2. The molecule has 1 atom stereocenters. The van der Waals surface area contributed by atoms with E-state index in [1.54, 1.807) is 18.6 Å². The van der Waals surface area contributed by atoms with Crippen molar-refractivity contribution in [1.82, 2.24) is 20.2 Å². The van der Waals surface area contributed by atoms with Crippen LogP contribution >= 0.6 is 0 Å². The lowest BCUT2D eigenvalue weighted by Crippen LogP contribution is -2.43. The Balaban J connectivity index is 1.25. The van der Waals surface area contributed by atoms with Gasteiger partial charge in [-0.3, -0.25) is 19.6 Å². The van der Waals surface area contributed by atoms with E-state index in [1.807, 2.05) is 47.4 Å². The lowest BCUT2D eigenvalue weighted by atomic mass is 9.97. The Kier molecular flexibility index (Phi) is 7.23. The number of carbonyl (C=O) groups is 2. The minimum Gasteiger partial charge on any atom is -0.352 e. The largest absolute Gasteiger partial charge is 0.352 e. The maximum Gasteiger partial charge on any atom is 0.251 e. The summed E-state index contributed by atoms with van der Waals surface area (Å²) >= 11 is 0. The second-order valence-corrected chi connectivity index (χ2v) is 8.20. The molecule has 1 aliphatic rings. The van der Waals surface area contributed by atoms with Crippen LogP contribution in [0.25, 0.3) is 11.1 Å². The Morgan fingerprint density at radius 1 is 1.00 bits per heavy atom. The van der Waals surface area contributed by atoms with E-state index in [4.69, 9.17) is 0 Å². The van der Waals surface area contributed by atoms with Crippen molar-refractivity contribution in [3.05, 3.63) is 84.4 Å². The smallest absolute Gasteiger partial charge is 0.251 e. The molecule has 2 amide bonds. The summed E-state index contributed by atoms with van der Waals surface area (Å²) in [6.45, 7) is 2.05. The van der Waals surface area contributed by atoms with Crippen LogP contribution in [0.15, 0.2) is 73.2 Å². The van der Waals surface area contributed by atoms with Gasteiger partial charge in [0, 0.05) is 50.2 Å². The maximum atomic E-state index is 12.6. The Morgan fingerprint density at radius 2 is 1.78 bits per heavy atom. The molecule has 1 fully saturated rings. The summed E-state index contributed by atoms with van der Waals surface area (Å²) in [5.74, 6) is 0.343. The van der Waals surface area contributed by atoms with Crippen molar-refractivity contribution in [2.45, 2.75) is 25.7 Å². The van der Waals surface area contributed by atoms with E-state index in [9.17, 15) is 9.59 Å². The topological polar surface area (TPSA) is 75.2 Å². The molecule has 1 N–H and O–H groups in total. The molecule has 2 heterocycles. The standard InChI is InChI=1S/C26H28N4O2/c31-25(13-12-24-18-27-14-15-28-24)30-16-4-5-20(19-30)17-29-26(32)23-10-8-22(9-11-23)21-6-2-1-3-7-21/h1-3,6-11,14-15,18,20H,4-5,12-13,16-17,19H2,(H,29,32)/t20-/m0/s1. The van der Waals surface area contributed by atoms with E-state index in [1.165, 1.54) is 0 Å². The minimum atomic E-state index is -0.0734. The van der Waals surface area contributed by atoms with Gasteiger partial charge in [-0.15, -0.1) is 0 Å². The SMILES string of the molecule is O=C(NC[C@@H]1CCCN(C(=O)CCc2cnccn2)C1)c1ccc(-c2ccccc2)cc1. The van der Waals surface area contributed by atoms with E-state index in [2.05, 4.69) is 27.4 Å². The van der Waals surface area contributed by atoms with E-state index < -0.39 is 0 Å². The van der Waals surface area contributed by atoms with Crippen molar-refractivity contribution in [2.24, 2.45) is 5.92 Å². The van der Waals surface area contributed by atoms with Crippen LogP contribution in [0.3, 0.4) is 0 Å². The van der Waals surface area contributed by atoms with Crippen LogP contribution in [0, 0.1) is 5.92 Å². The summed E-state index contributed by atoms with van der Waals surface area (Å²) in [4.78, 5) is 35.4. The second-order valence-electron chi connectivity index (χ2n) is 8.20. The Hall–Kier alpha value is -3.54. The van der Waals surface area contributed by atoms with Gasteiger partial charge in [0.25, 0.3) is 5.91 Å². The number of amides is 2. The minimum absolute atomic E-state index is 0.0734. The molecule has 0 saturated carbocycles. The number of piperidine rings is 1. The Labute approximate surface area is 188 Å². The van der Waals surface area contributed by atoms with Crippen LogP contribution in [0.2, 0.25) is 0 Å². The fraction of sp³-hybridized carbons (Fsp3) is 0.308. The molecule has 0 radical (unpaired) electrons. The predicted octanol–water partition coefficient (Wildman–Crippen LogP) is 3.74. The van der Waals surface area contributed by atoms with Gasteiger partial charge in [-0.1, -0.05) is 42.5 Å². The average Bonchev–Trinajstić information content (AvgIpc) is 2.87. The van der Waals surface area contributed by atoms with Gasteiger partial charge in [-0.2, -0.15) is 0 Å². The van der Waals surface area contributed by atoms with Gasteiger partial charge in [-0.05, 0) is 48.4 Å². The maximum absolute atomic E-state index is 12.6. The lowest BCUT2D eigenvalue weighted by molar-refractivity contribution is -0.132. The van der Waals surface area contributed by atoms with Crippen LogP contribution in [0.4, 0.5) is 0 Å². The zero-order chi connectivity index (χ0) is 22.2. The van der Waals surface area contributed by atoms with Crippen LogP contribution in [-0.4, -0.2) is 46.3 Å². The molecule has 0 aliphatic carbocycles. The van der Waals surface area contributed by atoms with Crippen molar-refractivity contribution in [1.29, 1.82) is 0 Å². The molecule has 0 unspecified atom stereocenters. The fourth-order valence-electron chi connectivity index (χ4n) is 4.09. The van der Waals surface area contributed by atoms with Gasteiger partial charge in [0.2, 0.25) is 5.91 Å². The highest BCUT2D eigenvalue weighted by atomic mass is 16.2. The monoisotopic (exact) mass is 428 g/mol. The number of rotatable bonds is 7. The first-order valence-electron chi connectivity index (χ1n) is 11.2. The van der Waals surface area contributed by atoms with Gasteiger partial charge in [0.1, 0.15) is 0 Å². The van der Waals surface area contributed by atoms with Crippen molar-refractivity contribution >= 4 is 11.8 Å². The van der Waals surface area contributed by atoms with Crippen molar-refractivity contribution in [2.75, 3.05) is 19.6 Å². The van der Waals surface area contributed by atoms with E-state index >= 15 is 0 Å².